The molecule has 3 atom stereocenters. The van der Waals surface area contributed by atoms with Crippen LogP contribution in [0.25, 0.3) is 0 Å². The molecule has 2 rings (SSSR count). The van der Waals surface area contributed by atoms with Crippen molar-refractivity contribution in [2.24, 2.45) is 0 Å². The molecule has 0 bridgehead atoms. The number of aliphatic carboxylic acids is 1. The Morgan fingerprint density at radius 1 is 1.25 bits per heavy atom. The van der Waals surface area contributed by atoms with Gasteiger partial charge in [0.2, 0.25) is 0 Å². The second-order valence-corrected chi connectivity index (χ2v) is 4.34. The Balaban J connectivity index is 1.69. The van der Waals surface area contributed by atoms with Gasteiger partial charge in [0.15, 0.2) is 6.29 Å². The van der Waals surface area contributed by atoms with Crippen molar-refractivity contribution in [3.05, 3.63) is 0 Å². The fraction of sp³-hybridized carbons (Fsp3) is 0.909. The minimum absolute atomic E-state index is 0.0159. The first kappa shape index (κ1) is 11.8. The van der Waals surface area contributed by atoms with Gasteiger partial charge in [-0.2, -0.15) is 0 Å². The van der Waals surface area contributed by atoms with E-state index in [0.717, 1.165) is 25.9 Å². The van der Waals surface area contributed by atoms with Gasteiger partial charge in [-0.15, -0.1) is 0 Å². The van der Waals surface area contributed by atoms with E-state index in [-0.39, 0.29) is 24.9 Å². The number of carbonyl (C=O) groups is 1. The third kappa shape index (κ3) is 3.43. The lowest BCUT2D eigenvalue weighted by Gasteiger charge is -2.24. The van der Waals surface area contributed by atoms with E-state index in [4.69, 9.17) is 19.3 Å². The van der Waals surface area contributed by atoms with Crippen LogP contribution in [0.5, 0.6) is 0 Å². The maximum Gasteiger partial charge on any atom is 0.306 e. The molecule has 0 aromatic carbocycles. The quantitative estimate of drug-likeness (QED) is 0.785. The van der Waals surface area contributed by atoms with E-state index in [1.807, 2.05) is 0 Å². The average Bonchev–Trinajstić information content (AvgIpc) is 2.66. The Morgan fingerprint density at radius 3 is 2.81 bits per heavy atom. The number of ether oxygens (including phenoxy) is 3. The van der Waals surface area contributed by atoms with Crippen LogP contribution in [0.15, 0.2) is 0 Å². The van der Waals surface area contributed by atoms with Gasteiger partial charge < -0.3 is 19.3 Å². The first-order chi connectivity index (χ1) is 7.74. The molecule has 0 amide bonds. The van der Waals surface area contributed by atoms with Crippen LogP contribution >= 0.6 is 0 Å². The lowest BCUT2D eigenvalue weighted by atomic mass is 10.1. The number of carboxylic acids is 1. The third-order valence-electron chi connectivity index (χ3n) is 2.94. The van der Waals surface area contributed by atoms with E-state index in [1.54, 1.807) is 0 Å². The number of rotatable bonds is 4. The van der Waals surface area contributed by atoms with Crippen LogP contribution in [0, 0.1) is 0 Å². The third-order valence-corrected chi connectivity index (χ3v) is 2.94. The van der Waals surface area contributed by atoms with E-state index in [1.165, 1.54) is 6.42 Å². The molecule has 5 nitrogen and oxygen atoms in total. The highest BCUT2D eigenvalue weighted by Gasteiger charge is 2.30. The van der Waals surface area contributed by atoms with Crippen LogP contribution < -0.4 is 0 Å². The predicted octanol–water partition coefficient (Wildman–Crippen LogP) is 1.16. The molecule has 2 fully saturated rings. The Bertz CT molecular complexity index is 237. The maximum absolute atomic E-state index is 10.5. The summed E-state index contributed by atoms with van der Waals surface area (Å²) >= 11 is 0. The second kappa shape index (κ2) is 5.61. The molecule has 0 saturated carbocycles. The fourth-order valence-corrected chi connectivity index (χ4v) is 2.14. The summed E-state index contributed by atoms with van der Waals surface area (Å²) in [5.41, 5.74) is 0. The molecule has 16 heavy (non-hydrogen) atoms. The molecule has 2 saturated heterocycles. The molecule has 0 radical (unpaired) electrons. The molecule has 2 aliphatic heterocycles. The summed E-state index contributed by atoms with van der Waals surface area (Å²) in [5, 5.41) is 8.62. The molecule has 1 N–H and O–H groups in total. The number of hydrogen-bond donors (Lipinski definition) is 1. The zero-order valence-corrected chi connectivity index (χ0v) is 9.26. The standard InChI is InChI=1S/C11H18O5/c12-10(13)5-9-7-15-11(16-9)6-8-3-1-2-4-14-8/h8-9,11H,1-7H2,(H,12,13). The molecule has 92 valence electrons. The van der Waals surface area contributed by atoms with Crippen molar-refractivity contribution in [2.45, 2.75) is 50.6 Å². The topological polar surface area (TPSA) is 65.0 Å². The van der Waals surface area contributed by atoms with Gasteiger partial charge in [0.05, 0.1) is 25.2 Å². The largest absolute Gasteiger partial charge is 0.481 e. The molecular weight excluding hydrogens is 212 g/mol. The van der Waals surface area contributed by atoms with Gasteiger partial charge in [-0.05, 0) is 19.3 Å². The lowest BCUT2D eigenvalue weighted by Crippen LogP contribution is -2.25. The molecule has 0 aromatic heterocycles. The van der Waals surface area contributed by atoms with E-state index in [9.17, 15) is 4.79 Å². The molecule has 2 aliphatic rings. The summed E-state index contributed by atoms with van der Waals surface area (Å²) in [6.07, 6.45) is 3.73. The van der Waals surface area contributed by atoms with Gasteiger partial charge in [-0.25, -0.2) is 0 Å². The predicted molar refractivity (Wildman–Crippen MR) is 55.1 cm³/mol. The summed E-state index contributed by atoms with van der Waals surface area (Å²) in [6, 6.07) is 0. The zero-order valence-electron chi connectivity index (χ0n) is 9.26. The van der Waals surface area contributed by atoms with Crippen LogP contribution in [-0.4, -0.2) is 42.8 Å². The highest BCUT2D eigenvalue weighted by atomic mass is 16.7. The molecular formula is C11H18O5. The monoisotopic (exact) mass is 230 g/mol. The van der Waals surface area contributed by atoms with Crippen LogP contribution in [0.4, 0.5) is 0 Å². The summed E-state index contributed by atoms with van der Waals surface area (Å²) in [7, 11) is 0. The van der Waals surface area contributed by atoms with Crippen LogP contribution in [-0.2, 0) is 19.0 Å². The average molecular weight is 230 g/mol. The molecule has 0 spiro atoms. The molecule has 0 aliphatic carbocycles. The Morgan fingerprint density at radius 2 is 2.12 bits per heavy atom. The van der Waals surface area contributed by atoms with Crippen molar-refractivity contribution < 1.29 is 24.1 Å². The summed E-state index contributed by atoms with van der Waals surface area (Å²) in [5.74, 6) is -0.844. The SMILES string of the molecule is O=C(O)CC1COC(CC2CCCCO2)O1. The highest BCUT2D eigenvalue weighted by molar-refractivity contribution is 5.67. The number of carboxylic acid groups (broad SMARTS) is 1. The molecule has 3 unspecified atom stereocenters. The van der Waals surface area contributed by atoms with Crippen LogP contribution in [0.2, 0.25) is 0 Å². The van der Waals surface area contributed by atoms with Crippen molar-refractivity contribution in [2.75, 3.05) is 13.2 Å². The Hall–Kier alpha value is -0.650. The summed E-state index contributed by atoms with van der Waals surface area (Å²) < 4.78 is 16.5. The van der Waals surface area contributed by atoms with Crippen LogP contribution in [0.1, 0.15) is 32.1 Å². The van der Waals surface area contributed by atoms with Crippen molar-refractivity contribution in [3.63, 3.8) is 0 Å². The summed E-state index contributed by atoms with van der Waals surface area (Å²) in [6.45, 7) is 1.19. The lowest BCUT2D eigenvalue weighted by molar-refractivity contribution is -0.141. The smallest absolute Gasteiger partial charge is 0.306 e. The zero-order chi connectivity index (χ0) is 11.4. The summed E-state index contributed by atoms with van der Waals surface area (Å²) in [4.78, 5) is 10.5. The van der Waals surface area contributed by atoms with Gasteiger partial charge in [0, 0.05) is 13.0 Å². The molecule has 2 heterocycles. The maximum atomic E-state index is 10.5. The molecule has 5 heteroatoms. The second-order valence-electron chi connectivity index (χ2n) is 4.34. The van der Waals surface area contributed by atoms with Gasteiger partial charge >= 0.3 is 5.97 Å². The van der Waals surface area contributed by atoms with Crippen molar-refractivity contribution in [1.82, 2.24) is 0 Å². The van der Waals surface area contributed by atoms with Crippen molar-refractivity contribution >= 4 is 5.97 Å². The van der Waals surface area contributed by atoms with Crippen molar-refractivity contribution in [3.8, 4) is 0 Å². The van der Waals surface area contributed by atoms with Crippen molar-refractivity contribution in [1.29, 1.82) is 0 Å². The van der Waals surface area contributed by atoms with E-state index in [2.05, 4.69) is 0 Å². The number of hydrogen-bond acceptors (Lipinski definition) is 4. The minimum Gasteiger partial charge on any atom is -0.481 e. The normalized spacial score (nSPS) is 35.1. The fourth-order valence-electron chi connectivity index (χ4n) is 2.14. The van der Waals surface area contributed by atoms with E-state index >= 15 is 0 Å². The Labute approximate surface area is 94.7 Å². The Kier molecular flexibility index (Phi) is 4.15. The van der Waals surface area contributed by atoms with Gasteiger partial charge in [0.1, 0.15) is 0 Å². The van der Waals surface area contributed by atoms with Gasteiger partial charge in [0.25, 0.3) is 0 Å². The first-order valence-electron chi connectivity index (χ1n) is 5.84. The molecule has 0 aromatic rings. The van der Waals surface area contributed by atoms with Gasteiger partial charge in [-0.1, -0.05) is 0 Å². The van der Waals surface area contributed by atoms with Gasteiger partial charge in [-0.3, -0.25) is 4.79 Å². The first-order valence-corrected chi connectivity index (χ1v) is 5.84. The van der Waals surface area contributed by atoms with Crippen LogP contribution in [0.3, 0.4) is 0 Å². The minimum atomic E-state index is -0.844. The van der Waals surface area contributed by atoms with E-state index in [0.29, 0.717) is 6.61 Å². The highest BCUT2D eigenvalue weighted by Crippen LogP contribution is 2.23. The van der Waals surface area contributed by atoms with E-state index < -0.39 is 5.97 Å².